The largest absolute Gasteiger partial charge is 0.737 e. The Balaban J connectivity index is 3.80. The first-order chi connectivity index (χ1) is 6.26. The Morgan fingerprint density at radius 1 is 1.46 bits per heavy atom. The number of nitrogens with zero attached hydrogens (tertiary/aromatic N) is 3. The van der Waals surface area contributed by atoms with Crippen molar-refractivity contribution < 1.29 is 4.97 Å². The minimum Gasteiger partial charge on any atom is -0.737 e. The predicted octanol–water partition coefficient (Wildman–Crippen LogP) is 0.683. The molecule has 0 radical (unpaired) electrons. The molecule has 0 aliphatic carbocycles. The molecule has 0 unspecified atom stereocenters. The standard InChI is InChI=1S/C7H18N4O2/c1-3-6-10(11(13)9-12)7-4-5-8-2/h8,12H,3-7H2,1-2H3/p-1/b11-9-. The van der Waals surface area contributed by atoms with E-state index in [-0.39, 0.29) is 4.97 Å². The summed E-state index contributed by atoms with van der Waals surface area (Å²) in [4.78, 5) is 0.124. The van der Waals surface area contributed by atoms with E-state index in [1.165, 1.54) is 5.01 Å². The van der Waals surface area contributed by atoms with Crippen molar-refractivity contribution in [3.8, 4) is 0 Å². The number of nitrogens with one attached hydrogen (secondary N) is 1. The molecule has 0 aromatic heterocycles. The molecule has 0 aromatic rings. The average Bonchev–Trinajstić information content (AvgIpc) is 2.16. The van der Waals surface area contributed by atoms with Crippen LogP contribution in [-0.4, -0.2) is 36.7 Å². The molecule has 0 fully saturated rings. The fraction of sp³-hybridized carbons (Fsp3) is 1.00. The molecule has 0 bridgehead atoms. The lowest BCUT2D eigenvalue weighted by Gasteiger charge is -2.18. The minimum absolute atomic E-state index is 0.124. The molecular weight excluding hydrogens is 172 g/mol. The number of hydrogen-bond donors (Lipinski definition) is 1. The third kappa shape index (κ3) is 5.24. The second-order valence-corrected chi connectivity index (χ2v) is 2.75. The predicted molar refractivity (Wildman–Crippen MR) is 49.8 cm³/mol. The van der Waals surface area contributed by atoms with Crippen LogP contribution in [0, 0.1) is 10.4 Å². The zero-order chi connectivity index (χ0) is 10.1. The quantitative estimate of drug-likeness (QED) is 0.276. The second kappa shape index (κ2) is 7.60. The van der Waals surface area contributed by atoms with Crippen molar-refractivity contribution in [2.24, 2.45) is 5.28 Å². The van der Waals surface area contributed by atoms with Crippen LogP contribution in [0.25, 0.3) is 0 Å². The molecule has 0 aliphatic rings. The van der Waals surface area contributed by atoms with Gasteiger partial charge in [0.2, 0.25) is 0 Å². The molecule has 0 rings (SSSR count). The molecule has 78 valence electrons. The van der Waals surface area contributed by atoms with Crippen LogP contribution >= 0.6 is 0 Å². The minimum atomic E-state index is 0.124. The van der Waals surface area contributed by atoms with Crippen molar-refractivity contribution in [2.75, 3.05) is 26.7 Å². The van der Waals surface area contributed by atoms with Gasteiger partial charge in [0.1, 0.15) is 0 Å². The Morgan fingerprint density at radius 2 is 2.15 bits per heavy atom. The van der Waals surface area contributed by atoms with Crippen LogP contribution in [0.3, 0.4) is 0 Å². The fourth-order valence-electron chi connectivity index (χ4n) is 1.03. The lowest BCUT2D eigenvalue weighted by atomic mass is 10.4. The smallest absolute Gasteiger partial charge is 0.0779 e. The highest BCUT2D eigenvalue weighted by Crippen LogP contribution is 1.95. The summed E-state index contributed by atoms with van der Waals surface area (Å²) in [6, 6.07) is 0. The molecule has 0 saturated heterocycles. The fourth-order valence-corrected chi connectivity index (χ4v) is 1.03. The van der Waals surface area contributed by atoms with Gasteiger partial charge in [-0.15, -0.1) is 5.01 Å². The topological polar surface area (TPSA) is 76.8 Å². The van der Waals surface area contributed by atoms with Crippen molar-refractivity contribution in [2.45, 2.75) is 19.8 Å². The van der Waals surface area contributed by atoms with Gasteiger partial charge in [-0.25, -0.2) is 0 Å². The van der Waals surface area contributed by atoms with E-state index in [2.05, 4.69) is 10.6 Å². The van der Waals surface area contributed by atoms with Crippen LogP contribution in [-0.2, 0) is 0 Å². The molecule has 6 heteroatoms. The van der Waals surface area contributed by atoms with E-state index in [1.807, 2.05) is 14.0 Å². The third-order valence-corrected chi connectivity index (χ3v) is 1.64. The maximum Gasteiger partial charge on any atom is 0.0779 e. The summed E-state index contributed by atoms with van der Waals surface area (Å²) in [5, 5.41) is 27.5. The first-order valence-electron chi connectivity index (χ1n) is 4.46. The molecule has 0 aliphatic heterocycles. The van der Waals surface area contributed by atoms with Gasteiger partial charge < -0.3 is 15.7 Å². The Morgan fingerprint density at radius 3 is 2.62 bits per heavy atom. The van der Waals surface area contributed by atoms with Crippen LogP contribution < -0.4 is 5.32 Å². The van der Waals surface area contributed by atoms with E-state index < -0.39 is 0 Å². The molecular formula is C7H17N4O2-. The monoisotopic (exact) mass is 189 g/mol. The van der Waals surface area contributed by atoms with Gasteiger partial charge in [-0.3, -0.25) is 0 Å². The lowest BCUT2D eigenvalue weighted by Crippen LogP contribution is -2.33. The zero-order valence-electron chi connectivity index (χ0n) is 8.19. The van der Waals surface area contributed by atoms with E-state index in [1.54, 1.807) is 0 Å². The van der Waals surface area contributed by atoms with Crippen molar-refractivity contribution in [1.29, 1.82) is 0 Å². The van der Waals surface area contributed by atoms with Crippen LogP contribution in [0.1, 0.15) is 19.8 Å². The van der Waals surface area contributed by atoms with Crippen molar-refractivity contribution >= 4 is 0 Å². The van der Waals surface area contributed by atoms with Gasteiger partial charge in [0, 0.05) is 4.97 Å². The summed E-state index contributed by atoms with van der Waals surface area (Å²) in [5.41, 5.74) is 0. The van der Waals surface area contributed by atoms with E-state index in [9.17, 15) is 10.4 Å². The van der Waals surface area contributed by atoms with Crippen LogP contribution in [0.5, 0.6) is 0 Å². The Bertz CT molecular complexity index is 151. The van der Waals surface area contributed by atoms with Crippen molar-refractivity contribution in [1.82, 2.24) is 10.3 Å². The van der Waals surface area contributed by atoms with Gasteiger partial charge in [0.05, 0.1) is 13.1 Å². The number of hydrazine groups is 1. The summed E-state index contributed by atoms with van der Waals surface area (Å²) < 4.78 is 0. The van der Waals surface area contributed by atoms with E-state index in [0.29, 0.717) is 13.1 Å². The first kappa shape index (κ1) is 12.0. The number of rotatable bonds is 7. The average molecular weight is 189 g/mol. The lowest BCUT2D eigenvalue weighted by molar-refractivity contribution is -0.690. The molecule has 0 spiro atoms. The van der Waals surface area contributed by atoms with Crippen LogP contribution in [0.2, 0.25) is 0 Å². The van der Waals surface area contributed by atoms with Gasteiger partial charge in [-0.05, 0) is 31.7 Å². The Kier molecular flexibility index (Phi) is 6.99. The highest BCUT2D eigenvalue weighted by Gasteiger charge is 2.08. The summed E-state index contributed by atoms with van der Waals surface area (Å²) in [6.45, 7) is 3.90. The summed E-state index contributed by atoms with van der Waals surface area (Å²) in [6.07, 6.45) is 1.65. The second-order valence-electron chi connectivity index (χ2n) is 2.75. The van der Waals surface area contributed by atoms with Crippen LogP contribution in [0.15, 0.2) is 5.28 Å². The molecule has 0 aromatic carbocycles. The van der Waals surface area contributed by atoms with E-state index in [4.69, 9.17) is 0 Å². The molecule has 0 heterocycles. The molecule has 6 nitrogen and oxygen atoms in total. The van der Waals surface area contributed by atoms with E-state index >= 15 is 0 Å². The molecule has 0 saturated carbocycles. The molecule has 0 amide bonds. The third-order valence-electron chi connectivity index (χ3n) is 1.64. The van der Waals surface area contributed by atoms with Crippen molar-refractivity contribution in [3.05, 3.63) is 10.4 Å². The SMILES string of the molecule is CCCN(CCCNC)/[N+]([O-])=N/[O-]. The normalized spacial score (nSPS) is 11.7. The number of hydrogen-bond acceptors (Lipinski definition) is 4. The van der Waals surface area contributed by atoms with Gasteiger partial charge in [-0.1, -0.05) is 6.92 Å². The maximum absolute atomic E-state index is 10.8. The summed E-state index contributed by atoms with van der Waals surface area (Å²) in [5.74, 6) is 0. The van der Waals surface area contributed by atoms with Crippen LogP contribution in [0.4, 0.5) is 0 Å². The van der Waals surface area contributed by atoms with Crippen molar-refractivity contribution in [3.63, 3.8) is 0 Å². The van der Waals surface area contributed by atoms with Gasteiger partial charge in [0.15, 0.2) is 0 Å². The van der Waals surface area contributed by atoms with E-state index in [0.717, 1.165) is 19.4 Å². The zero-order valence-corrected chi connectivity index (χ0v) is 8.19. The summed E-state index contributed by atoms with van der Waals surface area (Å²) >= 11 is 0. The summed E-state index contributed by atoms with van der Waals surface area (Å²) in [7, 11) is 1.84. The molecule has 1 N–H and O–H groups in total. The van der Waals surface area contributed by atoms with Gasteiger partial charge in [0.25, 0.3) is 0 Å². The molecule has 0 atom stereocenters. The van der Waals surface area contributed by atoms with Gasteiger partial charge in [-0.2, -0.15) is 0 Å². The Hall–Kier alpha value is -1.04. The maximum atomic E-state index is 10.8. The van der Waals surface area contributed by atoms with Gasteiger partial charge >= 0.3 is 0 Å². The highest BCUT2D eigenvalue weighted by atomic mass is 16.6. The Labute approximate surface area is 78.4 Å². The molecule has 13 heavy (non-hydrogen) atoms. The highest BCUT2D eigenvalue weighted by molar-refractivity contribution is 4.47. The first-order valence-corrected chi connectivity index (χ1v) is 4.46.